The smallest absolute Gasteiger partial charge is 0.389 e. The van der Waals surface area contributed by atoms with Crippen LogP contribution in [0.5, 0.6) is 5.75 Å². The molecule has 2 amide bonds. The molecule has 2 N–H and O–H groups in total. The average Bonchev–Trinajstić information content (AvgIpc) is 2.87. The molecular formula is C16H19F3N4O3. The van der Waals surface area contributed by atoms with Gasteiger partial charge >= 0.3 is 6.18 Å². The summed E-state index contributed by atoms with van der Waals surface area (Å²) in [5, 5.41) is 9.65. The summed E-state index contributed by atoms with van der Waals surface area (Å²) in [4.78, 5) is 23.8. The zero-order valence-corrected chi connectivity index (χ0v) is 14.5. The van der Waals surface area contributed by atoms with Crippen LogP contribution in [0.25, 0.3) is 10.9 Å². The van der Waals surface area contributed by atoms with E-state index in [0.717, 1.165) is 5.52 Å². The number of hydrogen-bond donors (Lipinski definition) is 2. The molecule has 0 fully saturated rings. The summed E-state index contributed by atoms with van der Waals surface area (Å²) < 4.78 is 43.1. The van der Waals surface area contributed by atoms with Crippen LogP contribution in [0.3, 0.4) is 0 Å². The number of alkyl halides is 3. The van der Waals surface area contributed by atoms with Crippen LogP contribution < -0.4 is 15.4 Å². The second kappa shape index (κ2) is 7.63. The van der Waals surface area contributed by atoms with E-state index in [4.69, 9.17) is 4.74 Å². The summed E-state index contributed by atoms with van der Waals surface area (Å²) in [6.07, 6.45) is -6.39. The van der Waals surface area contributed by atoms with Gasteiger partial charge in [-0.15, -0.1) is 0 Å². The monoisotopic (exact) mass is 372 g/mol. The fraction of sp³-hybridized carbons (Fsp3) is 0.438. The number of fused-ring (bicyclic) bond motifs is 1. The van der Waals surface area contributed by atoms with E-state index >= 15 is 0 Å². The Morgan fingerprint density at radius 2 is 2.04 bits per heavy atom. The quantitative estimate of drug-likeness (QED) is 0.815. The van der Waals surface area contributed by atoms with Crippen molar-refractivity contribution < 1.29 is 27.5 Å². The Kier molecular flexibility index (Phi) is 5.73. The molecule has 0 aliphatic heterocycles. The predicted molar refractivity (Wildman–Crippen MR) is 88.8 cm³/mol. The van der Waals surface area contributed by atoms with E-state index < -0.39 is 36.9 Å². The average molecular weight is 372 g/mol. The van der Waals surface area contributed by atoms with Gasteiger partial charge in [0, 0.05) is 18.9 Å². The molecule has 0 aliphatic carbocycles. The molecule has 1 aromatic heterocycles. The van der Waals surface area contributed by atoms with Crippen LogP contribution in [0.1, 0.15) is 19.8 Å². The number of hydrogen-bond acceptors (Lipinski definition) is 4. The third-order valence-electron chi connectivity index (χ3n) is 3.71. The van der Waals surface area contributed by atoms with E-state index in [0.29, 0.717) is 11.1 Å². The highest BCUT2D eigenvalue weighted by Crippen LogP contribution is 2.26. The lowest BCUT2D eigenvalue weighted by Gasteiger charge is -2.14. The molecule has 0 unspecified atom stereocenters. The van der Waals surface area contributed by atoms with Gasteiger partial charge in [0.25, 0.3) is 0 Å². The molecule has 0 saturated heterocycles. The number of carbonyl (C=O) groups excluding carboxylic acids is 2. The molecule has 1 heterocycles. The fourth-order valence-electron chi connectivity index (χ4n) is 2.32. The molecule has 0 saturated carbocycles. The molecule has 7 nitrogen and oxygen atoms in total. The van der Waals surface area contributed by atoms with Gasteiger partial charge in [0.2, 0.25) is 11.8 Å². The minimum absolute atomic E-state index is 0.266. The van der Waals surface area contributed by atoms with Crippen molar-refractivity contribution in [2.45, 2.75) is 32.0 Å². The highest BCUT2D eigenvalue weighted by atomic mass is 19.4. The minimum Gasteiger partial charge on any atom is -0.497 e. The first kappa shape index (κ1) is 19.5. The van der Waals surface area contributed by atoms with Crippen molar-refractivity contribution in [3.8, 4) is 5.75 Å². The topological polar surface area (TPSA) is 85.2 Å². The SMILES string of the molecule is COc1ccc2c(c1)c(NC(=O)[C@H](C)NC(=O)CCC(F)(F)F)nn2C. The van der Waals surface area contributed by atoms with E-state index in [1.54, 1.807) is 29.9 Å². The first-order valence-electron chi connectivity index (χ1n) is 7.78. The maximum atomic E-state index is 12.2. The summed E-state index contributed by atoms with van der Waals surface area (Å²) in [6, 6.07) is 4.21. The molecule has 0 aliphatic rings. The number of ether oxygens (including phenoxy) is 1. The molecule has 0 spiro atoms. The van der Waals surface area contributed by atoms with Gasteiger partial charge in [0.15, 0.2) is 5.82 Å². The number of rotatable bonds is 6. The molecule has 10 heteroatoms. The summed E-state index contributed by atoms with van der Waals surface area (Å²) in [5.41, 5.74) is 0.753. The molecule has 0 bridgehead atoms. The number of aryl methyl sites for hydroxylation is 1. The number of nitrogens with zero attached hydrogens (tertiary/aromatic N) is 2. The summed E-state index contributed by atoms with van der Waals surface area (Å²) in [6.45, 7) is 1.38. The fourth-order valence-corrected chi connectivity index (χ4v) is 2.32. The summed E-state index contributed by atoms with van der Waals surface area (Å²) in [7, 11) is 3.21. The van der Waals surface area contributed by atoms with Crippen LogP contribution in [0.15, 0.2) is 18.2 Å². The third-order valence-corrected chi connectivity index (χ3v) is 3.71. The van der Waals surface area contributed by atoms with Gasteiger partial charge in [-0.3, -0.25) is 14.3 Å². The molecule has 0 radical (unpaired) electrons. The zero-order chi connectivity index (χ0) is 19.5. The molecular weight excluding hydrogens is 353 g/mol. The minimum atomic E-state index is -4.42. The van der Waals surface area contributed by atoms with Crippen molar-refractivity contribution in [3.05, 3.63) is 18.2 Å². The molecule has 142 valence electrons. The largest absolute Gasteiger partial charge is 0.497 e. The van der Waals surface area contributed by atoms with Crippen LogP contribution in [-0.4, -0.2) is 40.9 Å². The lowest BCUT2D eigenvalue weighted by atomic mass is 10.2. The summed E-state index contributed by atoms with van der Waals surface area (Å²) in [5.74, 6) is -0.594. The standard InChI is InChI=1S/C16H19F3N4O3/c1-9(20-13(24)6-7-16(17,18)19)15(25)21-14-11-8-10(26-3)4-5-12(11)23(2)22-14/h4-5,8-9H,6-7H2,1-3H3,(H,20,24)(H,21,22,25)/t9-/m0/s1. The van der Waals surface area contributed by atoms with E-state index in [1.807, 2.05) is 0 Å². The predicted octanol–water partition coefficient (Wildman–Crippen LogP) is 2.37. The Labute approximate surface area is 147 Å². The summed E-state index contributed by atoms with van der Waals surface area (Å²) >= 11 is 0. The number of carbonyl (C=O) groups is 2. The van der Waals surface area contributed by atoms with Crippen molar-refractivity contribution in [3.63, 3.8) is 0 Å². The van der Waals surface area contributed by atoms with Crippen molar-refractivity contribution in [2.24, 2.45) is 7.05 Å². The molecule has 26 heavy (non-hydrogen) atoms. The Morgan fingerprint density at radius 1 is 1.35 bits per heavy atom. The number of anilines is 1. The van der Waals surface area contributed by atoms with Crippen molar-refractivity contribution in [1.29, 1.82) is 0 Å². The Morgan fingerprint density at radius 3 is 2.65 bits per heavy atom. The lowest BCUT2D eigenvalue weighted by molar-refractivity contribution is -0.144. The number of halogens is 3. The highest BCUT2D eigenvalue weighted by Gasteiger charge is 2.28. The number of aromatic nitrogens is 2. The first-order chi connectivity index (χ1) is 12.1. The van der Waals surface area contributed by atoms with Crippen LogP contribution in [0, 0.1) is 0 Å². The van der Waals surface area contributed by atoms with Crippen LogP contribution >= 0.6 is 0 Å². The number of methoxy groups -OCH3 is 1. The van der Waals surface area contributed by atoms with E-state index in [2.05, 4.69) is 15.7 Å². The van der Waals surface area contributed by atoms with Gasteiger partial charge in [0.1, 0.15) is 11.8 Å². The van der Waals surface area contributed by atoms with E-state index in [1.165, 1.54) is 14.0 Å². The number of benzene rings is 1. The lowest BCUT2D eigenvalue weighted by Crippen LogP contribution is -2.41. The van der Waals surface area contributed by atoms with E-state index in [9.17, 15) is 22.8 Å². The van der Waals surface area contributed by atoms with Gasteiger partial charge in [-0.05, 0) is 25.1 Å². The first-order valence-corrected chi connectivity index (χ1v) is 7.78. The molecule has 1 aromatic carbocycles. The van der Waals surface area contributed by atoms with Gasteiger partial charge in [-0.25, -0.2) is 0 Å². The molecule has 2 rings (SSSR count). The van der Waals surface area contributed by atoms with Gasteiger partial charge in [-0.1, -0.05) is 0 Å². The third kappa shape index (κ3) is 4.87. The second-order valence-electron chi connectivity index (χ2n) is 5.75. The van der Waals surface area contributed by atoms with Gasteiger partial charge in [0.05, 0.1) is 19.0 Å². The van der Waals surface area contributed by atoms with E-state index in [-0.39, 0.29) is 5.82 Å². The number of amides is 2. The number of nitrogens with one attached hydrogen (secondary N) is 2. The van der Waals surface area contributed by atoms with Gasteiger partial charge < -0.3 is 15.4 Å². The van der Waals surface area contributed by atoms with Crippen molar-refractivity contribution >= 4 is 28.5 Å². The molecule has 1 atom stereocenters. The van der Waals surface area contributed by atoms with Crippen molar-refractivity contribution in [1.82, 2.24) is 15.1 Å². The Hall–Kier alpha value is -2.78. The maximum absolute atomic E-state index is 12.2. The maximum Gasteiger partial charge on any atom is 0.389 e. The zero-order valence-electron chi connectivity index (χ0n) is 14.5. The highest BCUT2D eigenvalue weighted by molar-refractivity contribution is 6.03. The Bertz CT molecular complexity index is 817. The van der Waals surface area contributed by atoms with Gasteiger partial charge in [-0.2, -0.15) is 18.3 Å². The normalized spacial score (nSPS) is 12.7. The second-order valence-corrected chi connectivity index (χ2v) is 5.75. The van der Waals surface area contributed by atoms with Crippen molar-refractivity contribution in [2.75, 3.05) is 12.4 Å². The molecule has 2 aromatic rings. The Balaban J connectivity index is 2.05. The van der Waals surface area contributed by atoms with Crippen LogP contribution in [0.2, 0.25) is 0 Å². The van der Waals surface area contributed by atoms with Crippen LogP contribution in [-0.2, 0) is 16.6 Å². The van der Waals surface area contributed by atoms with Crippen LogP contribution in [0.4, 0.5) is 19.0 Å².